The van der Waals surface area contributed by atoms with Gasteiger partial charge in [-0.15, -0.1) is 0 Å². The number of likely N-dealkylation sites (tertiary alicyclic amines) is 1. The number of hydrogen-bond acceptors (Lipinski definition) is 4. The normalized spacial score (nSPS) is 19.9. The third-order valence-electron chi connectivity index (χ3n) is 4.25. The molecular weight excluding hydrogens is 334 g/mol. The number of para-hydroxylation sites is 1. The van der Waals surface area contributed by atoms with E-state index in [0.29, 0.717) is 13.1 Å². The van der Waals surface area contributed by atoms with Crippen molar-refractivity contribution in [3.8, 4) is 11.5 Å². The quantitative estimate of drug-likeness (QED) is 0.810. The molecule has 5 heteroatoms. The summed E-state index contributed by atoms with van der Waals surface area (Å²) < 4.78 is 5.78. The maximum atomic E-state index is 12.4. The lowest BCUT2D eigenvalue weighted by Gasteiger charge is -2.16. The highest BCUT2D eigenvalue weighted by Crippen LogP contribution is 2.30. The van der Waals surface area contributed by atoms with Crippen LogP contribution < -0.4 is 4.74 Å². The summed E-state index contributed by atoms with van der Waals surface area (Å²) >= 11 is 1.27. The molecule has 1 saturated heterocycles. The molecule has 2 unspecified atom stereocenters. The summed E-state index contributed by atoms with van der Waals surface area (Å²) in [5.74, 6) is 1.56. The second-order valence-electron chi connectivity index (χ2n) is 6.21. The van der Waals surface area contributed by atoms with Crippen LogP contribution in [0.1, 0.15) is 19.4 Å². The highest BCUT2D eigenvalue weighted by atomic mass is 32.2. The lowest BCUT2D eigenvalue weighted by Crippen LogP contribution is -2.26. The summed E-state index contributed by atoms with van der Waals surface area (Å²) in [6.45, 7) is 4.63. The zero-order valence-corrected chi connectivity index (χ0v) is 15.2. The van der Waals surface area contributed by atoms with Crippen LogP contribution >= 0.6 is 11.8 Å². The number of thioether (sulfide) groups is 1. The van der Waals surface area contributed by atoms with Gasteiger partial charge in [-0.3, -0.25) is 9.59 Å². The molecule has 0 spiro atoms. The standard InChI is InChI=1S/C20H21NO3S/c1-14-19(25-15(2)22)13-21(20(14)23)12-16-8-10-18(11-9-16)24-17-6-4-3-5-7-17/h3-11,14,19H,12-13H2,1-2H3. The van der Waals surface area contributed by atoms with Crippen molar-refractivity contribution in [1.82, 2.24) is 4.90 Å². The highest BCUT2D eigenvalue weighted by Gasteiger charge is 2.38. The number of ether oxygens (including phenoxy) is 1. The van der Waals surface area contributed by atoms with Gasteiger partial charge in [0.1, 0.15) is 11.5 Å². The van der Waals surface area contributed by atoms with E-state index in [1.807, 2.05) is 66.4 Å². The Morgan fingerprint density at radius 1 is 1.12 bits per heavy atom. The van der Waals surface area contributed by atoms with Gasteiger partial charge in [0.05, 0.1) is 0 Å². The molecule has 130 valence electrons. The molecule has 0 aliphatic carbocycles. The van der Waals surface area contributed by atoms with Crippen LogP contribution in [0.3, 0.4) is 0 Å². The number of benzene rings is 2. The van der Waals surface area contributed by atoms with Gasteiger partial charge in [0.2, 0.25) is 5.91 Å². The van der Waals surface area contributed by atoms with E-state index in [1.54, 1.807) is 6.92 Å². The SMILES string of the molecule is CC(=O)SC1CN(Cc2ccc(Oc3ccccc3)cc2)C(=O)C1C. The first kappa shape index (κ1) is 17.5. The fraction of sp³-hybridized carbons (Fsp3) is 0.300. The van der Waals surface area contributed by atoms with Crippen LogP contribution in [0.2, 0.25) is 0 Å². The number of rotatable bonds is 5. The first-order valence-electron chi connectivity index (χ1n) is 8.31. The van der Waals surface area contributed by atoms with Crippen molar-refractivity contribution in [2.75, 3.05) is 6.54 Å². The van der Waals surface area contributed by atoms with Gasteiger partial charge in [0.25, 0.3) is 0 Å². The molecule has 4 nitrogen and oxygen atoms in total. The van der Waals surface area contributed by atoms with E-state index in [2.05, 4.69) is 0 Å². The Morgan fingerprint density at radius 2 is 1.76 bits per heavy atom. The number of nitrogens with zero attached hydrogens (tertiary/aromatic N) is 1. The van der Waals surface area contributed by atoms with Crippen LogP contribution in [0.15, 0.2) is 54.6 Å². The zero-order valence-electron chi connectivity index (χ0n) is 14.3. The number of carbonyl (C=O) groups is 2. The van der Waals surface area contributed by atoms with Crippen LogP contribution in [-0.4, -0.2) is 27.7 Å². The molecule has 0 radical (unpaired) electrons. The molecule has 0 aromatic heterocycles. The van der Waals surface area contributed by atoms with Crippen LogP contribution in [0.5, 0.6) is 11.5 Å². The summed E-state index contributed by atoms with van der Waals surface area (Å²) in [5, 5.41) is 0.111. The van der Waals surface area contributed by atoms with E-state index in [4.69, 9.17) is 4.74 Å². The Morgan fingerprint density at radius 3 is 2.40 bits per heavy atom. The van der Waals surface area contributed by atoms with Gasteiger partial charge in [0, 0.05) is 31.2 Å². The summed E-state index contributed by atoms with van der Waals surface area (Å²) in [7, 11) is 0. The third-order valence-corrected chi connectivity index (χ3v) is 5.44. The molecular formula is C20H21NO3S. The Bertz CT molecular complexity index is 745. The van der Waals surface area contributed by atoms with Crippen molar-refractivity contribution >= 4 is 22.8 Å². The second kappa shape index (κ2) is 7.74. The average Bonchev–Trinajstić information content (AvgIpc) is 2.85. The van der Waals surface area contributed by atoms with E-state index in [0.717, 1.165) is 17.1 Å². The van der Waals surface area contributed by atoms with Gasteiger partial charge in [-0.05, 0) is 29.8 Å². The predicted octanol–water partition coefficient (Wildman–Crippen LogP) is 4.11. The van der Waals surface area contributed by atoms with Crippen LogP contribution in [-0.2, 0) is 16.1 Å². The van der Waals surface area contributed by atoms with Crippen molar-refractivity contribution < 1.29 is 14.3 Å². The van der Waals surface area contributed by atoms with Gasteiger partial charge >= 0.3 is 0 Å². The molecule has 0 N–H and O–H groups in total. The minimum Gasteiger partial charge on any atom is -0.457 e. The molecule has 1 fully saturated rings. The number of carbonyl (C=O) groups excluding carboxylic acids is 2. The first-order chi connectivity index (χ1) is 12.0. The predicted molar refractivity (Wildman–Crippen MR) is 99.6 cm³/mol. The van der Waals surface area contributed by atoms with E-state index < -0.39 is 0 Å². The molecule has 0 saturated carbocycles. The molecule has 25 heavy (non-hydrogen) atoms. The van der Waals surface area contributed by atoms with Gasteiger partial charge in [-0.2, -0.15) is 0 Å². The molecule has 1 heterocycles. The number of hydrogen-bond donors (Lipinski definition) is 0. The minimum atomic E-state index is -0.116. The Labute approximate surface area is 152 Å². The molecule has 1 amide bonds. The minimum absolute atomic E-state index is 0.0469. The Hall–Kier alpha value is -2.27. The Balaban J connectivity index is 1.61. The van der Waals surface area contributed by atoms with Gasteiger partial charge in [-0.25, -0.2) is 0 Å². The van der Waals surface area contributed by atoms with Crippen LogP contribution in [0.4, 0.5) is 0 Å². The molecule has 2 aromatic rings. The monoisotopic (exact) mass is 355 g/mol. The summed E-state index contributed by atoms with van der Waals surface area (Å²) in [6, 6.07) is 17.4. The maximum Gasteiger partial charge on any atom is 0.226 e. The largest absolute Gasteiger partial charge is 0.457 e. The molecule has 2 atom stereocenters. The first-order valence-corrected chi connectivity index (χ1v) is 9.19. The zero-order chi connectivity index (χ0) is 17.8. The van der Waals surface area contributed by atoms with Gasteiger partial charge < -0.3 is 9.64 Å². The van der Waals surface area contributed by atoms with Crippen molar-refractivity contribution in [1.29, 1.82) is 0 Å². The van der Waals surface area contributed by atoms with E-state index >= 15 is 0 Å². The fourth-order valence-electron chi connectivity index (χ4n) is 2.92. The summed E-state index contributed by atoms with van der Waals surface area (Å²) in [6.07, 6.45) is 0. The maximum absolute atomic E-state index is 12.4. The van der Waals surface area contributed by atoms with Crippen LogP contribution in [0.25, 0.3) is 0 Å². The van der Waals surface area contributed by atoms with E-state index in [-0.39, 0.29) is 22.2 Å². The van der Waals surface area contributed by atoms with E-state index in [9.17, 15) is 9.59 Å². The molecule has 0 bridgehead atoms. The van der Waals surface area contributed by atoms with Crippen molar-refractivity contribution in [2.24, 2.45) is 5.92 Å². The summed E-state index contributed by atoms with van der Waals surface area (Å²) in [4.78, 5) is 25.5. The van der Waals surface area contributed by atoms with Crippen LogP contribution in [0, 0.1) is 5.92 Å². The molecule has 3 rings (SSSR count). The van der Waals surface area contributed by atoms with Crippen molar-refractivity contribution in [2.45, 2.75) is 25.6 Å². The molecule has 1 aliphatic rings. The van der Waals surface area contributed by atoms with Gasteiger partial charge in [-0.1, -0.05) is 49.0 Å². The van der Waals surface area contributed by atoms with Crippen molar-refractivity contribution in [3.05, 3.63) is 60.2 Å². The van der Waals surface area contributed by atoms with Gasteiger partial charge in [0.15, 0.2) is 5.12 Å². The average molecular weight is 355 g/mol. The summed E-state index contributed by atoms with van der Waals surface area (Å²) in [5.41, 5.74) is 1.05. The van der Waals surface area contributed by atoms with Crippen molar-refractivity contribution in [3.63, 3.8) is 0 Å². The number of amides is 1. The third kappa shape index (κ3) is 4.42. The topological polar surface area (TPSA) is 46.6 Å². The highest BCUT2D eigenvalue weighted by molar-refractivity contribution is 8.14. The lowest BCUT2D eigenvalue weighted by atomic mass is 10.1. The molecule has 1 aliphatic heterocycles. The smallest absolute Gasteiger partial charge is 0.226 e. The molecule has 2 aromatic carbocycles. The second-order valence-corrected chi connectivity index (χ2v) is 7.63. The fourth-order valence-corrected chi connectivity index (χ4v) is 3.92. The Kier molecular flexibility index (Phi) is 5.43. The lowest BCUT2D eigenvalue weighted by molar-refractivity contribution is -0.131. The van der Waals surface area contributed by atoms with E-state index in [1.165, 1.54) is 11.8 Å².